The van der Waals surface area contributed by atoms with Crippen molar-refractivity contribution in [3.05, 3.63) is 12.2 Å². The molecule has 0 saturated heterocycles. The van der Waals surface area contributed by atoms with E-state index in [4.69, 9.17) is 4.52 Å². The van der Waals surface area contributed by atoms with Crippen molar-refractivity contribution >= 4 is 7.60 Å². The van der Waals surface area contributed by atoms with Crippen molar-refractivity contribution < 1.29 is 18.5 Å². The number of hydrogen-bond acceptors (Lipinski definition) is 2. The smallest absolute Gasteiger partial charge is 0.320 e. The molecular weight excluding hydrogens is 369 g/mol. The van der Waals surface area contributed by atoms with E-state index in [0.29, 0.717) is 17.5 Å². The minimum Gasteiger partial charge on any atom is -0.320 e. The van der Waals surface area contributed by atoms with Gasteiger partial charge >= 0.3 is 7.60 Å². The van der Waals surface area contributed by atoms with Crippen molar-refractivity contribution in [2.24, 2.45) is 0 Å². The number of hydrogen-bond donors (Lipinski definition) is 1. The first-order chi connectivity index (χ1) is 13.3. The summed E-state index contributed by atoms with van der Waals surface area (Å²) in [5, 5.41) is 0. The molecule has 168 valence electrons. The Hall–Kier alpha value is -0.150. The molecular formula is C23H49NO3P+. The van der Waals surface area contributed by atoms with Crippen LogP contribution in [0.1, 0.15) is 104 Å². The number of rotatable bonds is 19. The summed E-state index contributed by atoms with van der Waals surface area (Å²) >= 11 is 0. The largest absolute Gasteiger partial charge is 0.385 e. The summed E-state index contributed by atoms with van der Waals surface area (Å²) in [5.41, 5.74) is 0. The molecule has 0 aromatic carbocycles. The summed E-state index contributed by atoms with van der Waals surface area (Å²) in [6.45, 7) is 4.59. The number of quaternary nitrogens is 1. The SMILES string of the molecule is CCCC/C=C\CCCCCCCCCCCOP(=O)(O)C(CC)[N+](C)(C)C. The van der Waals surface area contributed by atoms with Crippen molar-refractivity contribution in [2.45, 2.75) is 110 Å². The van der Waals surface area contributed by atoms with E-state index < -0.39 is 7.60 Å². The van der Waals surface area contributed by atoms with Gasteiger partial charge in [0.2, 0.25) is 0 Å². The lowest BCUT2D eigenvalue weighted by atomic mass is 10.1. The molecule has 0 saturated carbocycles. The molecule has 0 amide bonds. The van der Waals surface area contributed by atoms with E-state index in [1.165, 1.54) is 70.6 Å². The fraction of sp³-hybridized carbons (Fsp3) is 0.913. The Morgan fingerprint density at radius 1 is 0.821 bits per heavy atom. The molecule has 0 rings (SSSR count). The van der Waals surface area contributed by atoms with Crippen LogP contribution in [0.4, 0.5) is 0 Å². The Balaban J connectivity index is 3.53. The Bertz CT molecular complexity index is 432. The molecule has 28 heavy (non-hydrogen) atoms. The first kappa shape index (κ1) is 27.8. The summed E-state index contributed by atoms with van der Waals surface area (Å²) in [4.78, 5) is 10.2. The van der Waals surface area contributed by atoms with Crippen LogP contribution in [0.15, 0.2) is 12.2 Å². The Kier molecular flexibility index (Phi) is 16.5. The van der Waals surface area contributed by atoms with E-state index in [1.807, 2.05) is 28.1 Å². The summed E-state index contributed by atoms with van der Waals surface area (Å²) in [6, 6.07) is 0. The molecule has 0 aliphatic carbocycles. The van der Waals surface area contributed by atoms with E-state index in [0.717, 1.165) is 12.8 Å². The third-order valence-corrected chi connectivity index (χ3v) is 7.68. The lowest BCUT2D eigenvalue weighted by Gasteiger charge is -2.35. The monoisotopic (exact) mass is 418 g/mol. The zero-order valence-electron chi connectivity index (χ0n) is 19.5. The molecule has 0 aliphatic rings. The maximum absolute atomic E-state index is 12.5. The highest BCUT2D eigenvalue weighted by Gasteiger charge is 2.41. The Labute approximate surface area is 175 Å². The van der Waals surface area contributed by atoms with E-state index in [1.54, 1.807) is 0 Å². The number of allylic oxidation sites excluding steroid dienone is 2. The highest BCUT2D eigenvalue weighted by Crippen LogP contribution is 2.51. The zero-order valence-corrected chi connectivity index (χ0v) is 20.4. The van der Waals surface area contributed by atoms with Crippen LogP contribution in [-0.2, 0) is 9.09 Å². The summed E-state index contributed by atoms with van der Waals surface area (Å²) in [7, 11) is 2.30. The van der Waals surface area contributed by atoms with Gasteiger partial charge in [0.05, 0.1) is 27.7 Å². The molecule has 0 fully saturated rings. The molecule has 0 aromatic heterocycles. The van der Waals surface area contributed by atoms with Gasteiger partial charge in [-0.1, -0.05) is 83.8 Å². The summed E-state index contributed by atoms with van der Waals surface area (Å²) < 4.78 is 18.3. The van der Waals surface area contributed by atoms with Crippen LogP contribution in [0.25, 0.3) is 0 Å². The fourth-order valence-corrected chi connectivity index (χ4v) is 5.56. The number of unbranched alkanes of at least 4 members (excludes halogenated alkanes) is 11. The Morgan fingerprint density at radius 3 is 1.75 bits per heavy atom. The van der Waals surface area contributed by atoms with Gasteiger partial charge in [0.1, 0.15) is 0 Å². The summed E-state index contributed by atoms with van der Waals surface area (Å²) in [6.07, 6.45) is 21.5. The normalized spacial score (nSPS) is 15.8. The van der Waals surface area contributed by atoms with Gasteiger partial charge in [-0.15, -0.1) is 0 Å². The maximum atomic E-state index is 12.5. The molecule has 0 heterocycles. The predicted octanol–water partition coefficient (Wildman–Crippen LogP) is 7.28. The molecule has 0 aromatic rings. The molecule has 2 atom stereocenters. The van der Waals surface area contributed by atoms with Gasteiger partial charge < -0.3 is 13.9 Å². The topological polar surface area (TPSA) is 46.5 Å². The zero-order chi connectivity index (χ0) is 21.3. The molecule has 0 radical (unpaired) electrons. The van der Waals surface area contributed by atoms with Crippen LogP contribution in [0.5, 0.6) is 0 Å². The molecule has 1 N–H and O–H groups in total. The first-order valence-electron chi connectivity index (χ1n) is 11.7. The van der Waals surface area contributed by atoms with Gasteiger partial charge in [-0.3, -0.25) is 4.57 Å². The Morgan fingerprint density at radius 2 is 1.29 bits per heavy atom. The molecule has 4 nitrogen and oxygen atoms in total. The van der Waals surface area contributed by atoms with Crippen LogP contribution in [0, 0.1) is 0 Å². The van der Waals surface area contributed by atoms with Crippen molar-refractivity contribution in [1.29, 1.82) is 0 Å². The highest BCUT2D eigenvalue weighted by atomic mass is 31.2. The van der Waals surface area contributed by atoms with E-state index >= 15 is 0 Å². The third kappa shape index (κ3) is 14.8. The van der Waals surface area contributed by atoms with Gasteiger partial charge in [-0.2, -0.15) is 0 Å². The van der Waals surface area contributed by atoms with Crippen molar-refractivity contribution in [2.75, 3.05) is 27.7 Å². The second-order valence-corrected chi connectivity index (χ2v) is 11.0. The van der Waals surface area contributed by atoms with Crippen LogP contribution in [-0.4, -0.2) is 42.9 Å². The lowest BCUT2D eigenvalue weighted by molar-refractivity contribution is -0.883. The second kappa shape index (κ2) is 16.6. The maximum Gasteiger partial charge on any atom is 0.385 e. The van der Waals surface area contributed by atoms with Gasteiger partial charge in [-0.25, -0.2) is 0 Å². The molecule has 0 bridgehead atoms. The first-order valence-corrected chi connectivity index (χ1v) is 13.3. The van der Waals surface area contributed by atoms with Crippen LogP contribution >= 0.6 is 7.60 Å². The number of nitrogens with zero attached hydrogens (tertiary/aromatic N) is 1. The second-order valence-electron chi connectivity index (χ2n) is 8.99. The van der Waals surface area contributed by atoms with Crippen molar-refractivity contribution in [1.82, 2.24) is 0 Å². The van der Waals surface area contributed by atoms with E-state index in [-0.39, 0.29) is 5.78 Å². The molecule has 5 heteroatoms. The minimum atomic E-state index is -3.54. The van der Waals surface area contributed by atoms with Crippen molar-refractivity contribution in [3.8, 4) is 0 Å². The standard InChI is InChI=1S/C23H48NO3P/c1-6-8-9-10-11-12-13-14-15-16-17-18-19-20-21-22-27-28(25,26)23(7-2)24(3,4)5/h10-11,23H,6-9,12-22H2,1-5H3/p+1/b11-10-. The van der Waals surface area contributed by atoms with Gasteiger partial charge in [0, 0.05) is 6.42 Å². The predicted molar refractivity (Wildman–Crippen MR) is 123 cm³/mol. The van der Waals surface area contributed by atoms with E-state index in [9.17, 15) is 9.46 Å². The molecule has 0 aliphatic heterocycles. The van der Waals surface area contributed by atoms with Crippen molar-refractivity contribution in [3.63, 3.8) is 0 Å². The molecule has 2 unspecified atom stereocenters. The van der Waals surface area contributed by atoms with Gasteiger partial charge in [-0.05, 0) is 25.7 Å². The van der Waals surface area contributed by atoms with Gasteiger partial charge in [0.25, 0.3) is 0 Å². The average Bonchev–Trinajstić information content (AvgIpc) is 2.60. The minimum absolute atomic E-state index is 0.348. The van der Waals surface area contributed by atoms with Gasteiger partial charge in [0.15, 0.2) is 5.78 Å². The summed E-state index contributed by atoms with van der Waals surface area (Å²) in [5.74, 6) is -0.348. The molecule has 0 spiro atoms. The fourth-order valence-electron chi connectivity index (χ4n) is 3.66. The van der Waals surface area contributed by atoms with Crippen LogP contribution < -0.4 is 0 Å². The highest BCUT2D eigenvalue weighted by molar-refractivity contribution is 7.53. The van der Waals surface area contributed by atoms with E-state index in [2.05, 4.69) is 19.1 Å². The third-order valence-electron chi connectivity index (χ3n) is 5.32. The average molecular weight is 419 g/mol. The lowest BCUT2D eigenvalue weighted by Crippen LogP contribution is -2.44. The van der Waals surface area contributed by atoms with Crippen LogP contribution in [0.2, 0.25) is 0 Å². The quantitative estimate of drug-likeness (QED) is 0.104. The van der Waals surface area contributed by atoms with Crippen LogP contribution in [0.3, 0.4) is 0 Å².